The van der Waals surface area contributed by atoms with Gasteiger partial charge in [-0.2, -0.15) is 13.2 Å². The molecule has 1 aliphatic heterocycles. The summed E-state index contributed by atoms with van der Waals surface area (Å²) in [5, 5.41) is 18.9. The summed E-state index contributed by atoms with van der Waals surface area (Å²) < 4.78 is 63.2. The molecule has 0 aromatic rings. The molecule has 120 valence electrons. The molecule has 1 fully saturated rings. The molecule has 0 radical (unpaired) electrons. The van der Waals surface area contributed by atoms with Crippen LogP contribution in [-0.2, 0) is 14.6 Å². The van der Waals surface area contributed by atoms with Crippen LogP contribution >= 0.6 is 0 Å². The molecule has 1 unspecified atom stereocenters. The minimum atomic E-state index is -4.43. The van der Waals surface area contributed by atoms with E-state index in [9.17, 15) is 31.8 Å². The van der Waals surface area contributed by atoms with E-state index in [0.717, 1.165) is 0 Å². The van der Waals surface area contributed by atoms with Crippen LogP contribution in [0.1, 0.15) is 12.8 Å². The number of rotatable bonds is 7. The lowest BCUT2D eigenvalue weighted by atomic mass is 9.74. The summed E-state index contributed by atoms with van der Waals surface area (Å²) >= 11 is 0. The normalized spacial score (nSPS) is 23.1. The van der Waals surface area contributed by atoms with Gasteiger partial charge in [0.25, 0.3) is 0 Å². The largest absolute Gasteiger partial charge is 0.411 e. The average molecular weight is 320 g/mol. The van der Waals surface area contributed by atoms with Gasteiger partial charge in [0.15, 0.2) is 9.84 Å². The third-order valence-electron chi connectivity index (χ3n) is 3.74. The standard InChI is InChI=1S/C11H19F3O5S/c12-11(13,14)8-19-3-2-10(6-15,7-16)9-1-4-20(17,18)5-9/h9,15-16H,1-8H2. The van der Waals surface area contributed by atoms with Crippen LogP contribution in [-0.4, -0.2) is 62.7 Å². The molecule has 0 spiro atoms. The molecule has 0 aromatic heterocycles. The van der Waals surface area contributed by atoms with Gasteiger partial charge in [-0.1, -0.05) is 0 Å². The van der Waals surface area contributed by atoms with E-state index >= 15 is 0 Å². The first kappa shape index (κ1) is 17.7. The van der Waals surface area contributed by atoms with Crippen molar-refractivity contribution >= 4 is 9.84 Å². The molecular weight excluding hydrogens is 301 g/mol. The molecule has 1 rings (SSSR count). The predicted molar refractivity (Wildman–Crippen MR) is 64.9 cm³/mol. The second-order valence-corrected chi connectivity index (χ2v) is 7.43. The third-order valence-corrected chi connectivity index (χ3v) is 5.51. The van der Waals surface area contributed by atoms with Crippen LogP contribution in [0.15, 0.2) is 0 Å². The molecule has 1 saturated heterocycles. The highest BCUT2D eigenvalue weighted by Crippen LogP contribution is 2.38. The quantitative estimate of drug-likeness (QED) is 0.662. The number of alkyl halides is 3. The minimum Gasteiger partial charge on any atom is -0.396 e. The molecule has 5 nitrogen and oxygen atoms in total. The molecule has 1 atom stereocenters. The van der Waals surface area contributed by atoms with E-state index in [1.165, 1.54) is 0 Å². The Bertz CT molecular complexity index is 403. The van der Waals surface area contributed by atoms with Gasteiger partial charge in [-0.3, -0.25) is 0 Å². The molecule has 0 bridgehead atoms. The second kappa shape index (κ2) is 6.59. The zero-order valence-electron chi connectivity index (χ0n) is 10.9. The van der Waals surface area contributed by atoms with E-state index in [-0.39, 0.29) is 24.5 Å². The Morgan fingerprint density at radius 3 is 2.20 bits per heavy atom. The van der Waals surface area contributed by atoms with E-state index in [0.29, 0.717) is 6.42 Å². The summed E-state index contributed by atoms with van der Waals surface area (Å²) in [4.78, 5) is 0. The van der Waals surface area contributed by atoms with Crippen molar-refractivity contribution in [2.24, 2.45) is 11.3 Å². The molecule has 2 N–H and O–H groups in total. The molecule has 0 amide bonds. The number of hydrogen-bond donors (Lipinski definition) is 2. The van der Waals surface area contributed by atoms with Gasteiger partial charge < -0.3 is 14.9 Å². The molecule has 0 saturated carbocycles. The van der Waals surface area contributed by atoms with Crippen molar-refractivity contribution < 1.29 is 36.5 Å². The molecule has 0 aliphatic carbocycles. The number of sulfone groups is 1. The Hall–Kier alpha value is -0.380. The third kappa shape index (κ3) is 4.87. The minimum absolute atomic E-state index is 0.0176. The lowest BCUT2D eigenvalue weighted by Gasteiger charge is -2.35. The monoisotopic (exact) mass is 320 g/mol. The fourth-order valence-corrected chi connectivity index (χ4v) is 4.36. The van der Waals surface area contributed by atoms with E-state index in [2.05, 4.69) is 4.74 Å². The summed E-state index contributed by atoms with van der Waals surface area (Å²) in [7, 11) is -3.20. The van der Waals surface area contributed by atoms with Crippen molar-refractivity contribution in [3.63, 3.8) is 0 Å². The van der Waals surface area contributed by atoms with E-state index in [1.54, 1.807) is 0 Å². The van der Waals surface area contributed by atoms with Crippen LogP contribution in [0.25, 0.3) is 0 Å². The maximum absolute atomic E-state index is 11.9. The highest BCUT2D eigenvalue weighted by Gasteiger charge is 2.44. The number of hydrogen-bond acceptors (Lipinski definition) is 5. The van der Waals surface area contributed by atoms with Crippen molar-refractivity contribution in [1.29, 1.82) is 0 Å². The SMILES string of the molecule is O=S1(=O)CCC(C(CO)(CO)CCOCC(F)(F)F)C1. The zero-order valence-corrected chi connectivity index (χ0v) is 11.7. The van der Waals surface area contributed by atoms with Gasteiger partial charge in [0.2, 0.25) is 0 Å². The van der Waals surface area contributed by atoms with Crippen LogP contribution in [0.3, 0.4) is 0 Å². The smallest absolute Gasteiger partial charge is 0.396 e. The predicted octanol–water partition coefficient (Wildman–Crippen LogP) is 0.361. The Kier molecular flexibility index (Phi) is 5.82. The van der Waals surface area contributed by atoms with Gasteiger partial charge in [0, 0.05) is 12.0 Å². The Balaban J connectivity index is 2.59. The number of ether oxygens (including phenoxy) is 1. The first-order valence-electron chi connectivity index (χ1n) is 6.21. The zero-order chi connectivity index (χ0) is 15.4. The van der Waals surface area contributed by atoms with E-state index in [1.807, 2.05) is 0 Å². The van der Waals surface area contributed by atoms with E-state index < -0.39 is 47.2 Å². The van der Waals surface area contributed by atoms with Crippen LogP contribution in [0.4, 0.5) is 13.2 Å². The first-order valence-corrected chi connectivity index (χ1v) is 8.03. The Labute approximate surface area is 115 Å². The average Bonchev–Trinajstić information content (AvgIpc) is 2.70. The van der Waals surface area contributed by atoms with Crippen LogP contribution in [0.5, 0.6) is 0 Å². The summed E-state index contributed by atoms with van der Waals surface area (Å²) in [6, 6.07) is 0. The number of aliphatic hydroxyl groups excluding tert-OH is 2. The summed E-state index contributed by atoms with van der Waals surface area (Å²) in [6.07, 6.45) is -4.16. The van der Waals surface area contributed by atoms with Gasteiger partial charge >= 0.3 is 6.18 Å². The van der Waals surface area contributed by atoms with E-state index in [4.69, 9.17) is 0 Å². The highest BCUT2D eigenvalue weighted by molar-refractivity contribution is 7.91. The van der Waals surface area contributed by atoms with Gasteiger partial charge in [-0.15, -0.1) is 0 Å². The molecule has 20 heavy (non-hydrogen) atoms. The first-order chi connectivity index (χ1) is 9.14. The summed E-state index contributed by atoms with van der Waals surface area (Å²) in [6.45, 7) is -2.67. The van der Waals surface area contributed by atoms with Crippen LogP contribution in [0.2, 0.25) is 0 Å². The maximum atomic E-state index is 11.9. The van der Waals surface area contributed by atoms with Crippen molar-refractivity contribution in [2.75, 3.05) is 37.9 Å². The van der Waals surface area contributed by atoms with Gasteiger partial charge in [-0.05, 0) is 18.8 Å². The molecule has 1 heterocycles. The van der Waals surface area contributed by atoms with Crippen LogP contribution < -0.4 is 0 Å². The van der Waals surface area contributed by atoms with Crippen molar-refractivity contribution in [2.45, 2.75) is 19.0 Å². The Morgan fingerprint density at radius 1 is 1.20 bits per heavy atom. The topological polar surface area (TPSA) is 83.8 Å². The second-order valence-electron chi connectivity index (χ2n) is 5.20. The number of aliphatic hydroxyl groups is 2. The highest BCUT2D eigenvalue weighted by atomic mass is 32.2. The maximum Gasteiger partial charge on any atom is 0.411 e. The lowest BCUT2D eigenvalue weighted by Crippen LogP contribution is -2.40. The van der Waals surface area contributed by atoms with Crippen molar-refractivity contribution in [3.8, 4) is 0 Å². The molecule has 0 aromatic carbocycles. The van der Waals surface area contributed by atoms with Gasteiger partial charge in [0.05, 0.1) is 24.7 Å². The van der Waals surface area contributed by atoms with Crippen molar-refractivity contribution in [1.82, 2.24) is 0 Å². The van der Waals surface area contributed by atoms with Crippen molar-refractivity contribution in [3.05, 3.63) is 0 Å². The number of halogens is 3. The van der Waals surface area contributed by atoms with Gasteiger partial charge in [0.1, 0.15) is 6.61 Å². The van der Waals surface area contributed by atoms with Crippen LogP contribution in [0, 0.1) is 11.3 Å². The van der Waals surface area contributed by atoms with Gasteiger partial charge in [-0.25, -0.2) is 8.42 Å². The molecular formula is C11H19F3O5S. The Morgan fingerprint density at radius 2 is 1.80 bits per heavy atom. The summed E-state index contributed by atoms with van der Waals surface area (Å²) in [5.74, 6) is -0.645. The lowest BCUT2D eigenvalue weighted by molar-refractivity contribution is -0.176. The molecule has 1 aliphatic rings. The summed E-state index contributed by atoms with van der Waals surface area (Å²) in [5.41, 5.74) is -1.12. The molecule has 9 heteroatoms. The fourth-order valence-electron chi connectivity index (χ4n) is 2.41. The fraction of sp³-hybridized carbons (Fsp3) is 1.00.